The summed E-state index contributed by atoms with van der Waals surface area (Å²) in [6.45, 7) is 6.25. The van der Waals surface area contributed by atoms with Crippen LogP contribution in [0.3, 0.4) is 0 Å². The Morgan fingerprint density at radius 3 is 2.69 bits per heavy atom. The summed E-state index contributed by atoms with van der Waals surface area (Å²) in [4.78, 5) is 11.6. The highest BCUT2D eigenvalue weighted by atomic mass is 16.5. The molecule has 0 bridgehead atoms. The quantitative estimate of drug-likeness (QED) is 0.460. The molecule has 74 valence electrons. The first-order valence-corrected chi connectivity index (χ1v) is 4.77. The minimum atomic E-state index is -0.330. The van der Waals surface area contributed by atoms with Crippen LogP contribution in [0.25, 0.3) is 0 Å². The Bertz CT molecular complexity index is 232. The molecule has 0 fully saturated rings. The molecule has 0 amide bonds. The normalized spacial score (nSPS) is 38.8. The van der Waals surface area contributed by atoms with E-state index < -0.39 is 0 Å². The Labute approximate surface area is 80.0 Å². The second-order valence-corrected chi connectivity index (χ2v) is 4.19. The molecule has 0 aromatic carbocycles. The Kier molecular flexibility index (Phi) is 2.79. The lowest BCUT2D eigenvalue weighted by atomic mass is 9.67. The van der Waals surface area contributed by atoms with Gasteiger partial charge in [-0.3, -0.25) is 4.79 Å². The highest BCUT2D eigenvalue weighted by molar-refractivity contribution is 5.77. The van der Waals surface area contributed by atoms with Crippen molar-refractivity contribution >= 4 is 5.97 Å². The topological polar surface area (TPSA) is 26.3 Å². The molecule has 0 saturated carbocycles. The standard InChI is InChI=1S/C11H18O2/c1-8-6-5-7-11(3,9(8)2)10(12)13-4/h5-6,8-9H,7H2,1-4H3. The van der Waals surface area contributed by atoms with Gasteiger partial charge in [0.25, 0.3) is 0 Å². The van der Waals surface area contributed by atoms with Gasteiger partial charge in [-0.2, -0.15) is 0 Å². The zero-order valence-corrected chi connectivity index (χ0v) is 8.83. The summed E-state index contributed by atoms with van der Waals surface area (Å²) in [6, 6.07) is 0. The zero-order valence-electron chi connectivity index (χ0n) is 8.83. The van der Waals surface area contributed by atoms with Crippen LogP contribution in [0.4, 0.5) is 0 Å². The number of carbonyl (C=O) groups is 1. The van der Waals surface area contributed by atoms with Crippen molar-refractivity contribution in [3.05, 3.63) is 12.2 Å². The van der Waals surface area contributed by atoms with E-state index in [1.165, 1.54) is 7.11 Å². The van der Waals surface area contributed by atoms with Crippen LogP contribution in [0, 0.1) is 17.3 Å². The lowest BCUT2D eigenvalue weighted by Gasteiger charge is -2.37. The molecule has 0 aromatic rings. The lowest BCUT2D eigenvalue weighted by Crippen LogP contribution is -2.39. The van der Waals surface area contributed by atoms with Crippen molar-refractivity contribution in [3.8, 4) is 0 Å². The molecule has 3 atom stereocenters. The second kappa shape index (κ2) is 3.52. The molecule has 1 aliphatic carbocycles. The smallest absolute Gasteiger partial charge is 0.312 e. The first-order valence-electron chi connectivity index (χ1n) is 4.77. The maximum absolute atomic E-state index is 11.6. The Morgan fingerprint density at radius 1 is 1.54 bits per heavy atom. The van der Waals surface area contributed by atoms with E-state index >= 15 is 0 Å². The molecule has 0 N–H and O–H groups in total. The number of hydrogen-bond donors (Lipinski definition) is 0. The fourth-order valence-corrected chi connectivity index (χ4v) is 1.96. The summed E-state index contributed by atoms with van der Waals surface area (Å²) in [5.74, 6) is 0.721. The van der Waals surface area contributed by atoms with Crippen molar-refractivity contribution in [1.29, 1.82) is 0 Å². The average Bonchev–Trinajstić information content (AvgIpc) is 2.13. The van der Waals surface area contributed by atoms with E-state index in [4.69, 9.17) is 4.74 Å². The van der Waals surface area contributed by atoms with Gasteiger partial charge in [0.2, 0.25) is 0 Å². The number of esters is 1. The van der Waals surface area contributed by atoms with Gasteiger partial charge in [0, 0.05) is 0 Å². The molecule has 0 radical (unpaired) electrons. The van der Waals surface area contributed by atoms with Crippen LogP contribution in [0.15, 0.2) is 12.2 Å². The van der Waals surface area contributed by atoms with Crippen molar-refractivity contribution < 1.29 is 9.53 Å². The van der Waals surface area contributed by atoms with Gasteiger partial charge in [0.1, 0.15) is 0 Å². The summed E-state index contributed by atoms with van der Waals surface area (Å²) in [7, 11) is 1.46. The van der Waals surface area contributed by atoms with Crippen LogP contribution in [0.5, 0.6) is 0 Å². The maximum atomic E-state index is 11.6. The zero-order chi connectivity index (χ0) is 10.1. The van der Waals surface area contributed by atoms with Gasteiger partial charge in [-0.25, -0.2) is 0 Å². The molecule has 0 heterocycles. The van der Waals surface area contributed by atoms with Crippen LogP contribution in [-0.2, 0) is 9.53 Å². The van der Waals surface area contributed by atoms with Crippen molar-refractivity contribution in [2.24, 2.45) is 17.3 Å². The van der Waals surface area contributed by atoms with Gasteiger partial charge in [-0.1, -0.05) is 26.0 Å². The number of carbonyl (C=O) groups excluding carboxylic acids is 1. The Balaban J connectivity index is 2.90. The van der Waals surface area contributed by atoms with Gasteiger partial charge in [0.05, 0.1) is 12.5 Å². The molecule has 2 nitrogen and oxygen atoms in total. The first kappa shape index (κ1) is 10.3. The van der Waals surface area contributed by atoms with Crippen LogP contribution < -0.4 is 0 Å². The Morgan fingerprint density at radius 2 is 2.15 bits per heavy atom. The van der Waals surface area contributed by atoms with Crippen LogP contribution in [0.2, 0.25) is 0 Å². The Hall–Kier alpha value is -0.790. The van der Waals surface area contributed by atoms with Gasteiger partial charge in [-0.05, 0) is 25.2 Å². The fraction of sp³-hybridized carbons (Fsp3) is 0.727. The van der Waals surface area contributed by atoms with Crippen molar-refractivity contribution in [2.45, 2.75) is 27.2 Å². The highest BCUT2D eigenvalue weighted by Crippen LogP contribution is 2.41. The fourth-order valence-electron chi connectivity index (χ4n) is 1.96. The van der Waals surface area contributed by atoms with Crippen molar-refractivity contribution in [2.75, 3.05) is 7.11 Å². The molecule has 0 saturated heterocycles. The minimum Gasteiger partial charge on any atom is -0.469 e. The SMILES string of the molecule is COC(=O)C1(C)CC=CC(C)C1C. The van der Waals surface area contributed by atoms with Gasteiger partial charge in [0.15, 0.2) is 0 Å². The third kappa shape index (κ3) is 1.62. The second-order valence-electron chi connectivity index (χ2n) is 4.19. The number of hydrogen-bond acceptors (Lipinski definition) is 2. The molecule has 1 aliphatic rings. The molecule has 2 heteroatoms. The van der Waals surface area contributed by atoms with Crippen molar-refractivity contribution in [1.82, 2.24) is 0 Å². The van der Waals surface area contributed by atoms with Gasteiger partial charge in [-0.15, -0.1) is 0 Å². The maximum Gasteiger partial charge on any atom is 0.312 e. The summed E-state index contributed by atoms with van der Waals surface area (Å²) < 4.78 is 4.84. The molecule has 0 spiro atoms. The molecule has 0 aromatic heterocycles. The monoisotopic (exact) mass is 182 g/mol. The summed E-state index contributed by atoms with van der Waals surface area (Å²) >= 11 is 0. The molecular weight excluding hydrogens is 164 g/mol. The van der Waals surface area contributed by atoms with E-state index in [0.29, 0.717) is 11.8 Å². The summed E-state index contributed by atoms with van der Waals surface area (Å²) in [6.07, 6.45) is 5.06. The van der Waals surface area contributed by atoms with Crippen LogP contribution >= 0.6 is 0 Å². The van der Waals surface area contributed by atoms with Gasteiger partial charge < -0.3 is 4.74 Å². The molecule has 0 aliphatic heterocycles. The lowest BCUT2D eigenvalue weighted by molar-refractivity contribution is -0.156. The van der Waals surface area contributed by atoms with E-state index in [9.17, 15) is 4.79 Å². The van der Waals surface area contributed by atoms with E-state index in [-0.39, 0.29) is 11.4 Å². The number of allylic oxidation sites excluding steroid dienone is 2. The van der Waals surface area contributed by atoms with E-state index in [1.807, 2.05) is 6.92 Å². The van der Waals surface area contributed by atoms with E-state index in [0.717, 1.165) is 6.42 Å². The molecule has 13 heavy (non-hydrogen) atoms. The van der Waals surface area contributed by atoms with Crippen LogP contribution in [0.1, 0.15) is 27.2 Å². The third-order valence-electron chi connectivity index (χ3n) is 3.43. The largest absolute Gasteiger partial charge is 0.469 e. The summed E-state index contributed by atoms with van der Waals surface area (Å²) in [5, 5.41) is 0. The third-order valence-corrected chi connectivity index (χ3v) is 3.43. The number of ether oxygens (including phenoxy) is 1. The average molecular weight is 182 g/mol. The van der Waals surface area contributed by atoms with E-state index in [1.54, 1.807) is 0 Å². The molecule has 3 unspecified atom stereocenters. The first-order chi connectivity index (χ1) is 6.02. The molecular formula is C11H18O2. The van der Waals surface area contributed by atoms with Crippen molar-refractivity contribution in [3.63, 3.8) is 0 Å². The molecule has 1 rings (SSSR count). The van der Waals surface area contributed by atoms with Crippen LogP contribution in [-0.4, -0.2) is 13.1 Å². The predicted molar refractivity (Wildman–Crippen MR) is 52.2 cm³/mol. The number of methoxy groups -OCH3 is 1. The number of rotatable bonds is 1. The van der Waals surface area contributed by atoms with E-state index in [2.05, 4.69) is 26.0 Å². The minimum absolute atomic E-state index is 0.0869. The summed E-state index contributed by atoms with van der Waals surface area (Å²) in [5.41, 5.74) is -0.330. The highest BCUT2D eigenvalue weighted by Gasteiger charge is 2.42. The predicted octanol–water partition coefficient (Wildman–Crippen LogP) is 2.40. The van der Waals surface area contributed by atoms with Gasteiger partial charge >= 0.3 is 5.97 Å².